The van der Waals surface area contributed by atoms with Crippen LogP contribution in [0.3, 0.4) is 0 Å². The van der Waals surface area contributed by atoms with E-state index in [2.05, 4.69) is 65.4 Å². The van der Waals surface area contributed by atoms with E-state index < -0.39 is 78.5 Å². The van der Waals surface area contributed by atoms with E-state index in [1.165, 1.54) is 6.20 Å². The lowest BCUT2D eigenvalue weighted by atomic mass is 10.0. The van der Waals surface area contributed by atoms with Crippen molar-refractivity contribution < 1.29 is 38.7 Å². The second-order valence-corrected chi connectivity index (χ2v) is 14.4. The lowest BCUT2D eigenvalue weighted by Crippen LogP contribution is -2.58. The van der Waals surface area contributed by atoms with Gasteiger partial charge in [0.05, 0.1) is 24.7 Å². The summed E-state index contributed by atoms with van der Waals surface area (Å²) in [6, 6.07) is 13.9. The fourth-order valence-electron chi connectivity index (χ4n) is 6.00. The Balaban J connectivity index is 1.45. The molecule has 324 valence electrons. The predicted octanol–water partition coefficient (Wildman–Crippen LogP) is -0.234. The van der Waals surface area contributed by atoms with Crippen LogP contribution in [0, 0.1) is 5.41 Å². The number of anilines is 1. The smallest absolute Gasteiger partial charge is 0.305 e. The van der Waals surface area contributed by atoms with Crippen LogP contribution >= 0.6 is 12.6 Å². The van der Waals surface area contributed by atoms with Crippen molar-refractivity contribution in [2.45, 2.75) is 74.0 Å². The molecule has 1 fully saturated rings. The highest BCUT2D eigenvalue weighted by Gasteiger charge is 2.33. The maximum absolute atomic E-state index is 14.0. The number of thiol groups is 1. The first kappa shape index (κ1) is 46.7. The number of hydrogen-bond acceptors (Lipinski definition) is 12. The Morgan fingerprint density at radius 1 is 0.803 bits per heavy atom. The summed E-state index contributed by atoms with van der Waals surface area (Å²) in [5, 5.41) is 39.0. The largest absolute Gasteiger partial charge is 0.481 e. The van der Waals surface area contributed by atoms with Gasteiger partial charge in [0.15, 0.2) is 5.96 Å². The third kappa shape index (κ3) is 16.3. The van der Waals surface area contributed by atoms with Crippen molar-refractivity contribution >= 4 is 72.0 Å². The van der Waals surface area contributed by atoms with Crippen molar-refractivity contribution in [1.82, 2.24) is 42.2 Å². The van der Waals surface area contributed by atoms with Crippen LogP contribution in [0.2, 0.25) is 0 Å². The van der Waals surface area contributed by atoms with Crippen molar-refractivity contribution in [3.05, 3.63) is 89.6 Å². The molecule has 61 heavy (non-hydrogen) atoms. The number of guanidine groups is 1. The third-order valence-electron chi connectivity index (χ3n) is 9.17. The number of pyridine rings is 1. The molecule has 0 aliphatic carbocycles. The number of rotatable bonds is 17. The minimum Gasteiger partial charge on any atom is -0.481 e. The molecule has 0 radical (unpaired) electrons. The average Bonchev–Trinajstić information content (AvgIpc) is 3.23. The van der Waals surface area contributed by atoms with Gasteiger partial charge < -0.3 is 48.1 Å². The van der Waals surface area contributed by atoms with Gasteiger partial charge in [-0.15, -0.1) is 12.6 Å². The second kappa shape index (κ2) is 24.1. The van der Waals surface area contributed by atoms with E-state index in [0.29, 0.717) is 17.8 Å². The van der Waals surface area contributed by atoms with E-state index in [9.17, 15) is 38.7 Å². The van der Waals surface area contributed by atoms with Gasteiger partial charge >= 0.3 is 5.97 Å². The molecule has 2 aromatic carbocycles. The van der Waals surface area contributed by atoms with Crippen LogP contribution in [-0.4, -0.2) is 107 Å². The number of unbranched alkanes of at least 4 members (excludes halogenated alkanes) is 1. The highest BCUT2D eigenvalue weighted by molar-refractivity contribution is 7.80. The molecule has 1 aromatic heterocycles. The van der Waals surface area contributed by atoms with Crippen molar-refractivity contribution in [2.75, 3.05) is 25.1 Å². The molecule has 1 aliphatic rings. The molecular formula is C40H50N12O8S. The summed E-state index contributed by atoms with van der Waals surface area (Å²) in [6.07, 6.45) is 3.06. The Bertz CT molecular complexity index is 2050. The van der Waals surface area contributed by atoms with E-state index in [1.54, 1.807) is 48.7 Å². The highest BCUT2D eigenvalue weighted by Crippen LogP contribution is 2.12. The van der Waals surface area contributed by atoms with Crippen LogP contribution in [0.1, 0.15) is 60.0 Å². The van der Waals surface area contributed by atoms with Gasteiger partial charge in [0.25, 0.3) is 5.91 Å². The number of hydrazone groups is 1. The zero-order chi connectivity index (χ0) is 44.1. The van der Waals surface area contributed by atoms with Crippen LogP contribution in [0.25, 0.3) is 0 Å². The second-order valence-electron chi connectivity index (χ2n) is 13.9. The molecule has 0 spiro atoms. The molecule has 4 rings (SSSR count). The average molecular weight is 859 g/mol. The molecule has 2 heterocycles. The van der Waals surface area contributed by atoms with Gasteiger partial charge in [0.2, 0.25) is 29.5 Å². The number of carbonyl (C=O) groups is 7. The van der Waals surface area contributed by atoms with Gasteiger partial charge in [-0.05, 0) is 55.9 Å². The first-order valence-electron chi connectivity index (χ1n) is 19.4. The molecule has 0 saturated carbocycles. The zero-order valence-corrected chi connectivity index (χ0v) is 34.0. The van der Waals surface area contributed by atoms with E-state index in [1.807, 2.05) is 24.3 Å². The van der Waals surface area contributed by atoms with Gasteiger partial charge in [-0.1, -0.05) is 48.5 Å². The zero-order valence-electron chi connectivity index (χ0n) is 33.1. The monoisotopic (exact) mass is 858 g/mol. The maximum Gasteiger partial charge on any atom is 0.305 e. The number of benzene rings is 2. The standard InChI is InChI=1S/C40H50N12O8S/c41-40(42)44-18-8-13-27-37(58)50-29(19-24-9-2-1-3-10-24)39(60)49-28(38(59)51-30(20-34(54)55)36(57)46-23-33(53)48-27)12-6-7-17-43-35(56)26-15-16-32(45-21-26)52-47-22-25-11-4-5-14-31(25)61/h1-5,9-11,14-16,21-22,27-30,61H,6-8,12-13,17-20,23H2,(H,43,56)(H,45,52)(H,46,57)(H,48,53)(H,49,60)(H,50,58)(H,51,59)(H,54,55)(H4,41,42,44)/t27-,28+,29+,30+/m0/s1. The van der Waals surface area contributed by atoms with Crippen molar-refractivity contribution in [2.24, 2.45) is 10.8 Å². The number of carboxylic acid groups (broad SMARTS) is 1. The van der Waals surface area contributed by atoms with Crippen molar-refractivity contribution in [3.8, 4) is 0 Å². The van der Waals surface area contributed by atoms with Crippen LogP contribution in [-0.2, 0) is 35.2 Å². The number of carboxylic acids is 1. The van der Waals surface area contributed by atoms with E-state index in [4.69, 9.17) is 11.1 Å². The third-order valence-corrected chi connectivity index (χ3v) is 9.58. The van der Waals surface area contributed by atoms with Crippen LogP contribution in [0.15, 0.2) is 82.9 Å². The van der Waals surface area contributed by atoms with Crippen LogP contribution in [0.4, 0.5) is 5.82 Å². The summed E-state index contributed by atoms with van der Waals surface area (Å²) in [5.74, 6) is -5.84. The molecular weight excluding hydrogens is 809 g/mol. The van der Waals surface area contributed by atoms with Crippen molar-refractivity contribution in [1.29, 1.82) is 5.41 Å². The molecule has 3 aromatic rings. The highest BCUT2D eigenvalue weighted by atomic mass is 32.1. The van der Waals surface area contributed by atoms with Gasteiger partial charge in [-0.3, -0.25) is 44.4 Å². The molecule has 1 aliphatic heterocycles. The Morgan fingerprint density at radius 2 is 1.44 bits per heavy atom. The minimum absolute atomic E-state index is 0.00325. The summed E-state index contributed by atoms with van der Waals surface area (Å²) < 4.78 is 0. The number of amides is 6. The van der Waals surface area contributed by atoms with E-state index >= 15 is 0 Å². The number of carbonyl (C=O) groups excluding carboxylic acids is 6. The molecule has 4 atom stereocenters. The Labute approximate surface area is 357 Å². The first-order chi connectivity index (χ1) is 29.3. The number of hydrogen-bond donors (Lipinski definition) is 12. The van der Waals surface area contributed by atoms with Crippen LogP contribution in [0.5, 0.6) is 0 Å². The van der Waals surface area contributed by atoms with Crippen LogP contribution < -0.4 is 48.4 Å². The van der Waals surface area contributed by atoms with Gasteiger partial charge in [0, 0.05) is 36.2 Å². The normalized spacial score (nSPS) is 18.9. The first-order valence-corrected chi connectivity index (χ1v) is 19.9. The summed E-state index contributed by atoms with van der Waals surface area (Å²) >= 11 is 4.38. The SMILES string of the molecule is N=C(N)NCCC[C@@H]1NC(=O)CNC(=O)[C@@H](CC(=O)O)NC(=O)[C@@H](CCCCNC(=O)c2ccc(NN=Cc3ccccc3S)nc2)NC(=O)[C@@H](Cc2ccccc2)NC1=O. The Hall–Kier alpha value is -7.03. The van der Waals surface area contributed by atoms with Gasteiger partial charge in [0.1, 0.15) is 30.0 Å². The summed E-state index contributed by atoms with van der Waals surface area (Å²) in [5.41, 5.74) is 9.91. The number of nitrogens with one attached hydrogen (secondary N) is 9. The number of nitrogens with zero attached hydrogens (tertiary/aromatic N) is 2. The summed E-state index contributed by atoms with van der Waals surface area (Å²) in [7, 11) is 0. The molecule has 21 heteroatoms. The number of aliphatic carboxylic acids is 1. The van der Waals surface area contributed by atoms with E-state index in [0.717, 1.165) is 10.5 Å². The number of nitrogens with two attached hydrogens (primary N) is 1. The molecule has 6 amide bonds. The fraction of sp³-hybridized carbons (Fsp3) is 0.350. The quantitative estimate of drug-likeness (QED) is 0.0276. The maximum atomic E-state index is 14.0. The summed E-state index contributed by atoms with van der Waals surface area (Å²) in [4.78, 5) is 97.0. The Morgan fingerprint density at radius 3 is 2.13 bits per heavy atom. The molecule has 0 unspecified atom stereocenters. The van der Waals surface area contributed by atoms with Crippen molar-refractivity contribution in [3.63, 3.8) is 0 Å². The Kier molecular flexibility index (Phi) is 18.5. The molecule has 12 N–H and O–H groups in total. The summed E-state index contributed by atoms with van der Waals surface area (Å²) in [6.45, 7) is -0.283. The lowest BCUT2D eigenvalue weighted by Gasteiger charge is -2.26. The lowest BCUT2D eigenvalue weighted by molar-refractivity contribution is -0.141. The minimum atomic E-state index is -1.62. The van der Waals surface area contributed by atoms with Gasteiger partial charge in [-0.25, -0.2) is 4.98 Å². The molecule has 20 nitrogen and oxygen atoms in total. The van der Waals surface area contributed by atoms with Gasteiger partial charge in [-0.2, -0.15) is 5.10 Å². The number of aromatic nitrogens is 1. The molecule has 0 bridgehead atoms. The topological polar surface area (TPSA) is 311 Å². The van der Waals surface area contributed by atoms with E-state index in [-0.39, 0.29) is 56.7 Å². The fourth-order valence-corrected chi connectivity index (χ4v) is 6.22. The molecule has 1 saturated heterocycles. The predicted molar refractivity (Wildman–Crippen MR) is 228 cm³/mol.